The van der Waals surface area contributed by atoms with Crippen LogP contribution in [-0.2, 0) is 0 Å². The molecule has 1 unspecified atom stereocenters. The normalized spacial score (nSPS) is 16.2. The van der Waals surface area contributed by atoms with Crippen LogP contribution in [0.1, 0.15) is 35.9 Å². The Kier molecular flexibility index (Phi) is 5.85. The van der Waals surface area contributed by atoms with Gasteiger partial charge in [0, 0.05) is 49.8 Å². The molecule has 7 nitrogen and oxygen atoms in total. The highest BCUT2D eigenvalue weighted by molar-refractivity contribution is 5.96. The highest BCUT2D eigenvalue weighted by atomic mass is 19.1. The van der Waals surface area contributed by atoms with Gasteiger partial charge in [-0.2, -0.15) is 0 Å². The second-order valence-electron chi connectivity index (χ2n) is 6.61. The number of hydrogen-bond acceptors (Lipinski definition) is 6. The summed E-state index contributed by atoms with van der Waals surface area (Å²) in [5.74, 6) is -0.697. The van der Waals surface area contributed by atoms with E-state index in [1.54, 1.807) is 6.07 Å². The molecule has 0 spiro atoms. The number of rotatable bonds is 5. The van der Waals surface area contributed by atoms with Gasteiger partial charge in [0.2, 0.25) is 0 Å². The van der Waals surface area contributed by atoms with Crippen molar-refractivity contribution < 1.29 is 9.18 Å². The van der Waals surface area contributed by atoms with Crippen molar-refractivity contribution in [2.24, 2.45) is 0 Å². The Morgan fingerprint density at radius 2 is 1.96 bits per heavy atom. The molecule has 1 aromatic heterocycles. The summed E-state index contributed by atoms with van der Waals surface area (Å²) in [6, 6.07) is 4.31. The molecule has 0 saturated carbocycles. The average molecular weight is 372 g/mol. The summed E-state index contributed by atoms with van der Waals surface area (Å²) < 4.78 is 13.9. The number of aromatic nitrogens is 2. The number of nitrogens with two attached hydrogens (primary N) is 1. The lowest BCUT2D eigenvalue weighted by Gasteiger charge is -2.37. The summed E-state index contributed by atoms with van der Waals surface area (Å²) in [6.07, 6.45) is 2.84. The third-order valence-corrected chi connectivity index (χ3v) is 4.91. The number of halogens is 1. The molecule has 8 heteroatoms. The Labute approximate surface area is 158 Å². The number of nitrogens with one attached hydrogen (secondary N) is 1. The minimum absolute atomic E-state index is 0.0670. The molecule has 1 aromatic carbocycles. The van der Waals surface area contributed by atoms with Crippen molar-refractivity contribution in [1.82, 2.24) is 20.2 Å². The highest BCUT2D eigenvalue weighted by Gasteiger charge is 2.23. The number of nitrogens with zero attached hydrogens (tertiary/aromatic N) is 4. The topological polar surface area (TPSA) is 87.4 Å². The fraction of sp³-hybridized carbons (Fsp3) is 0.421. The van der Waals surface area contributed by atoms with Crippen LogP contribution in [0.3, 0.4) is 0 Å². The number of piperazine rings is 1. The smallest absolute Gasteiger partial charge is 0.274 e. The maximum atomic E-state index is 13.9. The van der Waals surface area contributed by atoms with E-state index in [-0.39, 0.29) is 17.3 Å². The molecule has 1 aliphatic heterocycles. The van der Waals surface area contributed by atoms with E-state index in [0.29, 0.717) is 0 Å². The summed E-state index contributed by atoms with van der Waals surface area (Å²) in [4.78, 5) is 25.0. The summed E-state index contributed by atoms with van der Waals surface area (Å²) in [5.41, 5.74) is 7.46. The first kappa shape index (κ1) is 19.0. The minimum atomic E-state index is -0.431. The van der Waals surface area contributed by atoms with Crippen LogP contribution in [0.5, 0.6) is 0 Å². The van der Waals surface area contributed by atoms with Crippen LogP contribution in [0.25, 0.3) is 0 Å². The molecule has 3 N–H and O–H groups in total. The van der Waals surface area contributed by atoms with Crippen LogP contribution in [0.2, 0.25) is 0 Å². The van der Waals surface area contributed by atoms with Gasteiger partial charge in [-0.25, -0.2) is 14.4 Å². The first-order valence-corrected chi connectivity index (χ1v) is 9.13. The predicted molar refractivity (Wildman–Crippen MR) is 103 cm³/mol. The second-order valence-corrected chi connectivity index (χ2v) is 6.61. The van der Waals surface area contributed by atoms with Crippen LogP contribution in [0.4, 0.5) is 15.9 Å². The van der Waals surface area contributed by atoms with E-state index in [4.69, 9.17) is 5.73 Å². The molecule has 3 rings (SSSR count). The predicted octanol–water partition coefficient (Wildman–Crippen LogP) is 1.83. The van der Waals surface area contributed by atoms with Crippen LogP contribution in [0.15, 0.2) is 30.6 Å². The zero-order chi connectivity index (χ0) is 19.4. The van der Waals surface area contributed by atoms with E-state index in [0.717, 1.165) is 44.0 Å². The average Bonchev–Trinajstić information content (AvgIpc) is 2.68. The van der Waals surface area contributed by atoms with E-state index in [9.17, 15) is 9.18 Å². The maximum absolute atomic E-state index is 13.9. The number of hydrogen-bond donors (Lipinski definition) is 2. The molecule has 0 aliphatic carbocycles. The lowest BCUT2D eigenvalue weighted by molar-refractivity contribution is 0.0935. The molecule has 27 heavy (non-hydrogen) atoms. The number of benzene rings is 1. The molecule has 0 radical (unpaired) electrons. The van der Waals surface area contributed by atoms with Gasteiger partial charge in [0.1, 0.15) is 5.82 Å². The van der Waals surface area contributed by atoms with Crippen molar-refractivity contribution in [3.05, 3.63) is 47.7 Å². The summed E-state index contributed by atoms with van der Waals surface area (Å²) in [7, 11) is 0. The van der Waals surface area contributed by atoms with E-state index < -0.39 is 11.9 Å². The molecular formula is C19H25FN6O. The third kappa shape index (κ3) is 4.33. The highest BCUT2D eigenvalue weighted by Crippen LogP contribution is 2.28. The van der Waals surface area contributed by atoms with Crippen molar-refractivity contribution in [3.8, 4) is 0 Å². The number of likely N-dealkylation sites (N-methyl/N-ethyl adjacent to an activating group) is 1. The minimum Gasteiger partial charge on any atom is -0.382 e. The van der Waals surface area contributed by atoms with E-state index in [1.807, 2.05) is 6.92 Å². The fourth-order valence-electron chi connectivity index (χ4n) is 3.33. The molecule has 1 amide bonds. The lowest BCUT2D eigenvalue weighted by atomic mass is 10.0. The molecule has 2 aromatic rings. The Hall–Kier alpha value is -2.74. The largest absolute Gasteiger partial charge is 0.382 e. The van der Waals surface area contributed by atoms with E-state index in [2.05, 4.69) is 32.0 Å². The van der Waals surface area contributed by atoms with Crippen molar-refractivity contribution in [2.75, 3.05) is 43.4 Å². The van der Waals surface area contributed by atoms with Gasteiger partial charge in [0.05, 0.1) is 6.04 Å². The SMILES string of the molecule is CCN1CCN(c2ccc(F)cc2C(C)NC(=O)c2nccnc2N)CC1. The number of nitrogen functional groups attached to an aromatic ring is 1. The molecule has 0 bridgehead atoms. The van der Waals surface area contributed by atoms with Gasteiger partial charge in [-0.05, 0) is 31.7 Å². The molecule has 2 heterocycles. The van der Waals surface area contributed by atoms with Crippen molar-refractivity contribution >= 4 is 17.4 Å². The Morgan fingerprint density at radius 3 is 2.63 bits per heavy atom. The Balaban J connectivity index is 1.80. The monoisotopic (exact) mass is 372 g/mol. The zero-order valence-corrected chi connectivity index (χ0v) is 15.7. The Bertz CT molecular complexity index is 807. The van der Waals surface area contributed by atoms with Gasteiger partial charge in [0.25, 0.3) is 5.91 Å². The summed E-state index contributed by atoms with van der Waals surface area (Å²) in [6.45, 7) is 8.65. The molecule has 1 atom stereocenters. The number of anilines is 2. The van der Waals surface area contributed by atoms with Crippen molar-refractivity contribution in [1.29, 1.82) is 0 Å². The second kappa shape index (κ2) is 8.30. The van der Waals surface area contributed by atoms with Crippen LogP contribution in [-0.4, -0.2) is 53.5 Å². The standard InChI is InChI=1S/C19H25FN6O/c1-3-25-8-10-26(11-9-25)16-5-4-14(20)12-15(16)13(2)24-19(27)17-18(21)23-7-6-22-17/h4-7,12-13H,3,8-11H2,1-2H3,(H2,21,23)(H,24,27). The summed E-state index contributed by atoms with van der Waals surface area (Å²) in [5, 5.41) is 2.85. The van der Waals surface area contributed by atoms with Gasteiger partial charge >= 0.3 is 0 Å². The summed E-state index contributed by atoms with van der Waals surface area (Å²) >= 11 is 0. The Morgan fingerprint density at radius 1 is 1.26 bits per heavy atom. The molecule has 144 valence electrons. The number of carbonyl (C=O) groups excluding carboxylic acids is 1. The lowest BCUT2D eigenvalue weighted by Crippen LogP contribution is -2.46. The van der Waals surface area contributed by atoms with E-state index >= 15 is 0 Å². The van der Waals surface area contributed by atoms with Gasteiger partial charge in [-0.3, -0.25) is 4.79 Å². The van der Waals surface area contributed by atoms with Gasteiger partial charge in [-0.1, -0.05) is 6.92 Å². The van der Waals surface area contributed by atoms with E-state index in [1.165, 1.54) is 24.5 Å². The molecule has 1 fully saturated rings. The number of amides is 1. The van der Waals surface area contributed by atoms with Crippen LogP contribution < -0.4 is 16.0 Å². The van der Waals surface area contributed by atoms with Gasteiger partial charge in [-0.15, -0.1) is 0 Å². The maximum Gasteiger partial charge on any atom is 0.274 e. The van der Waals surface area contributed by atoms with Crippen LogP contribution >= 0.6 is 0 Å². The zero-order valence-electron chi connectivity index (χ0n) is 15.7. The first-order valence-electron chi connectivity index (χ1n) is 9.13. The first-order chi connectivity index (χ1) is 13.0. The molecule has 1 aliphatic rings. The van der Waals surface area contributed by atoms with Crippen molar-refractivity contribution in [2.45, 2.75) is 19.9 Å². The quantitative estimate of drug-likeness (QED) is 0.833. The fourth-order valence-corrected chi connectivity index (χ4v) is 3.33. The van der Waals surface area contributed by atoms with Gasteiger partial charge in [0.15, 0.2) is 11.5 Å². The van der Waals surface area contributed by atoms with Gasteiger partial charge < -0.3 is 20.9 Å². The third-order valence-electron chi connectivity index (χ3n) is 4.91. The molecular weight excluding hydrogens is 347 g/mol. The van der Waals surface area contributed by atoms with Crippen molar-refractivity contribution in [3.63, 3.8) is 0 Å². The van der Waals surface area contributed by atoms with Crippen LogP contribution in [0, 0.1) is 5.82 Å². The number of carbonyl (C=O) groups is 1. The molecule has 1 saturated heterocycles.